The number of ether oxygens (including phenoxy) is 2. The predicted octanol–water partition coefficient (Wildman–Crippen LogP) is 4.24. The van der Waals surface area contributed by atoms with Crippen LogP contribution in [0.3, 0.4) is 0 Å². The normalized spacial score (nSPS) is 16.9. The van der Waals surface area contributed by atoms with Crippen molar-refractivity contribution >= 4 is 17.5 Å². The van der Waals surface area contributed by atoms with Crippen LogP contribution in [0, 0.1) is 6.92 Å². The van der Waals surface area contributed by atoms with Gasteiger partial charge in [0.15, 0.2) is 17.3 Å². The summed E-state index contributed by atoms with van der Waals surface area (Å²) in [5, 5.41) is 4.24. The SMILES string of the molecule is CCCOc1c(Cl)cc(C(=O)N2CCCC(c3nc(C)no3)C2)cc1OCC. The molecule has 0 bridgehead atoms. The van der Waals surface area contributed by atoms with Crippen LogP contribution < -0.4 is 9.47 Å². The van der Waals surface area contributed by atoms with Gasteiger partial charge < -0.3 is 18.9 Å². The Kier molecular flexibility index (Phi) is 6.78. The number of carbonyl (C=O) groups excluding carboxylic acids is 1. The molecule has 2 heterocycles. The molecule has 1 atom stereocenters. The summed E-state index contributed by atoms with van der Waals surface area (Å²) in [6.45, 7) is 7.90. The molecule has 3 rings (SSSR count). The van der Waals surface area contributed by atoms with E-state index in [9.17, 15) is 4.79 Å². The van der Waals surface area contributed by atoms with E-state index in [-0.39, 0.29) is 11.8 Å². The van der Waals surface area contributed by atoms with E-state index in [1.807, 2.05) is 18.7 Å². The Morgan fingerprint density at radius 3 is 2.86 bits per heavy atom. The van der Waals surface area contributed by atoms with E-state index in [4.69, 9.17) is 25.6 Å². The maximum atomic E-state index is 13.1. The Morgan fingerprint density at radius 1 is 1.36 bits per heavy atom. The van der Waals surface area contributed by atoms with E-state index >= 15 is 0 Å². The first-order chi connectivity index (χ1) is 13.5. The van der Waals surface area contributed by atoms with Crippen LogP contribution in [-0.4, -0.2) is 47.3 Å². The minimum atomic E-state index is -0.0918. The molecule has 1 aliphatic heterocycles. The Bertz CT molecular complexity index is 824. The van der Waals surface area contributed by atoms with Gasteiger partial charge in [0, 0.05) is 18.7 Å². The minimum absolute atomic E-state index is 0.0490. The Balaban J connectivity index is 1.80. The molecule has 7 nitrogen and oxygen atoms in total. The molecule has 0 saturated carbocycles. The molecule has 1 aromatic carbocycles. The number of nitrogens with zero attached hydrogens (tertiary/aromatic N) is 3. The summed E-state index contributed by atoms with van der Waals surface area (Å²) in [5.41, 5.74) is 0.486. The number of piperidine rings is 1. The average Bonchev–Trinajstić information content (AvgIpc) is 3.13. The van der Waals surface area contributed by atoms with Crippen molar-refractivity contribution in [3.05, 3.63) is 34.4 Å². The largest absolute Gasteiger partial charge is 0.490 e. The number of hydrogen-bond donors (Lipinski definition) is 0. The number of likely N-dealkylation sites (tertiary alicyclic amines) is 1. The smallest absolute Gasteiger partial charge is 0.254 e. The molecule has 28 heavy (non-hydrogen) atoms. The monoisotopic (exact) mass is 407 g/mol. The van der Waals surface area contributed by atoms with Gasteiger partial charge in [0.2, 0.25) is 5.89 Å². The maximum Gasteiger partial charge on any atom is 0.254 e. The van der Waals surface area contributed by atoms with Crippen molar-refractivity contribution in [3.8, 4) is 11.5 Å². The molecule has 0 spiro atoms. The summed E-state index contributed by atoms with van der Waals surface area (Å²) in [4.78, 5) is 19.2. The van der Waals surface area contributed by atoms with E-state index < -0.39 is 0 Å². The number of amides is 1. The van der Waals surface area contributed by atoms with E-state index in [1.54, 1.807) is 19.1 Å². The van der Waals surface area contributed by atoms with Gasteiger partial charge in [-0.3, -0.25) is 4.79 Å². The lowest BCUT2D eigenvalue weighted by Gasteiger charge is -2.31. The zero-order chi connectivity index (χ0) is 20.1. The fourth-order valence-corrected chi connectivity index (χ4v) is 3.59. The van der Waals surface area contributed by atoms with Crippen LogP contribution in [0.1, 0.15) is 61.1 Å². The van der Waals surface area contributed by atoms with Gasteiger partial charge in [-0.2, -0.15) is 4.98 Å². The van der Waals surface area contributed by atoms with Crippen molar-refractivity contribution in [2.24, 2.45) is 0 Å². The number of carbonyl (C=O) groups is 1. The van der Waals surface area contributed by atoms with Gasteiger partial charge in [0.05, 0.1) is 24.2 Å². The molecule has 8 heteroatoms. The summed E-state index contributed by atoms with van der Waals surface area (Å²) in [7, 11) is 0. The number of rotatable bonds is 7. The van der Waals surface area contributed by atoms with E-state index in [2.05, 4.69) is 10.1 Å². The molecule has 1 aromatic heterocycles. The van der Waals surface area contributed by atoms with Crippen LogP contribution in [0.15, 0.2) is 16.7 Å². The minimum Gasteiger partial charge on any atom is -0.490 e. The maximum absolute atomic E-state index is 13.1. The van der Waals surface area contributed by atoms with Crippen molar-refractivity contribution in [1.29, 1.82) is 0 Å². The highest BCUT2D eigenvalue weighted by Crippen LogP contribution is 2.37. The van der Waals surface area contributed by atoms with Crippen LogP contribution in [0.2, 0.25) is 5.02 Å². The quantitative estimate of drug-likeness (QED) is 0.683. The third kappa shape index (κ3) is 4.58. The van der Waals surface area contributed by atoms with Crippen molar-refractivity contribution in [2.75, 3.05) is 26.3 Å². The summed E-state index contributed by atoms with van der Waals surface area (Å²) < 4.78 is 16.7. The molecule has 152 valence electrons. The molecule has 0 N–H and O–H groups in total. The Labute approximate surface area is 169 Å². The van der Waals surface area contributed by atoms with Gasteiger partial charge >= 0.3 is 0 Å². The molecule has 1 unspecified atom stereocenters. The van der Waals surface area contributed by atoms with Gasteiger partial charge in [-0.05, 0) is 45.2 Å². The molecule has 0 aliphatic carbocycles. The molecule has 0 radical (unpaired) electrons. The Hall–Kier alpha value is -2.28. The van der Waals surface area contributed by atoms with E-state index in [1.165, 1.54) is 0 Å². The van der Waals surface area contributed by atoms with Crippen molar-refractivity contribution < 1.29 is 18.8 Å². The van der Waals surface area contributed by atoms with Crippen LogP contribution >= 0.6 is 11.6 Å². The molecular weight excluding hydrogens is 382 g/mol. The second-order valence-corrected chi connectivity index (χ2v) is 7.24. The zero-order valence-electron chi connectivity index (χ0n) is 16.5. The molecule has 1 aliphatic rings. The number of halogens is 1. The highest BCUT2D eigenvalue weighted by atomic mass is 35.5. The van der Waals surface area contributed by atoms with Crippen molar-refractivity contribution in [1.82, 2.24) is 15.0 Å². The molecule has 1 amide bonds. The second-order valence-electron chi connectivity index (χ2n) is 6.84. The number of aryl methyl sites for hydroxylation is 1. The van der Waals surface area contributed by atoms with Gasteiger partial charge in [0.1, 0.15) is 0 Å². The van der Waals surface area contributed by atoms with E-state index in [0.717, 1.165) is 19.3 Å². The second kappa shape index (κ2) is 9.28. The van der Waals surface area contributed by atoms with Crippen LogP contribution in [0.25, 0.3) is 0 Å². The van der Waals surface area contributed by atoms with Crippen molar-refractivity contribution in [3.63, 3.8) is 0 Å². The molecule has 2 aromatic rings. The topological polar surface area (TPSA) is 77.7 Å². The fourth-order valence-electron chi connectivity index (χ4n) is 3.32. The number of benzene rings is 1. The third-order valence-electron chi connectivity index (χ3n) is 4.61. The molecule has 1 saturated heterocycles. The lowest BCUT2D eigenvalue weighted by Crippen LogP contribution is -2.39. The predicted molar refractivity (Wildman–Crippen MR) is 105 cm³/mol. The lowest BCUT2D eigenvalue weighted by atomic mass is 9.97. The molecule has 1 fully saturated rings. The van der Waals surface area contributed by atoms with Crippen LogP contribution in [0.5, 0.6) is 11.5 Å². The zero-order valence-corrected chi connectivity index (χ0v) is 17.3. The lowest BCUT2D eigenvalue weighted by molar-refractivity contribution is 0.0695. The summed E-state index contributed by atoms with van der Waals surface area (Å²) in [6.07, 6.45) is 2.65. The van der Waals surface area contributed by atoms with Crippen molar-refractivity contribution in [2.45, 2.75) is 46.0 Å². The number of aromatic nitrogens is 2. The summed E-state index contributed by atoms with van der Waals surface area (Å²) >= 11 is 6.41. The fraction of sp³-hybridized carbons (Fsp3) is 0.550. The van der Waals surface area contributed by atoms with Gasteiger partial charge in [-0.15, -0.1) is 0 Å². The van der Waals surface area contributed by atoms with Crippen LogP contribution in [0.4, 0.5) is 0 Å². The molecular formula is C20H26ClN3O4. The average molecular weight is 408 g/mol. The summed E-state index contributed by atoms with van der Waals surface area (Å²) in [6, 6.07) is 3.36. The number of hydrogen-bond acceptors (Lipinski definition) is 6. The first-order valence-corrected chi connectivity index (χ1v) is 10.1. The highest BCUT2D eigenvalue weighted by Gasteiger charge is 2.29. The Morgan fingerprint density at radius 2 is 2.18 bits per heavy atom. The summed E-state index contributed by atoms with van der Waals surface area (Å²) in [5.74, 6) is 2.13. The van der Waals surface area contributed by atoms with Gasteiger partial charge in [0.25, 0.3) is 5.91 Å². The van der Waals surface area contributed by atoms with Gasteiger partial charge in [-0.25, -0.2) is 0 Å². The standard InChI is InChI=1S/C20H26ClN3O4/c1-4-9-27-18-16(21)10-15(11-17(18)26-5-2)20(25)24-8-6-7-14(12-24)19-22-13(3)23-28-19/h10-11,14H,4-9,12H2,1-3H3. The first kappa shape index (κ1) is 20.5. The van der Waals surface area contributed by atoms with E-state index in [0.29, 0.717) is 60.1 Å². The van der Waals surface area contributed by atoms with Gasteiger partial charge in [-0.1, -0.05) is 23.7 Å². The first-order valence-electron chi connectivity index (χ1n) is 9.72. The third-order valence-corrected chi connectivity index (χ3v) is 4.89. The van der Waals surface area contributed by atoms with Crippen LogP contribution in [-0.2, 0) is 0 Å². The highest BCUT2D eigenvalue weighted by molar-refractivity contribution is 6.32.